The van der Waals surface area contributed by atoms with Gasteiger partial charge in [0.15, 0.2) is 6.17 Å². The lowest BCUT2D eigenvalue weighted by Crippen LogP contribution is -2.58. The molecule has 0 aliphatic carbocycles. The minimum absolute atomic E-state index is 0.0740. The van der Waals surface area contributed by atoms with Crippen molar-refractivity contribution in [2.75, 3.05) is 24.4 Å². The van der Waals surface area contributed by atoms with Crippen LogP contribution in [0.2, 0.25) is 0 Å². The molecule has 0 aromatic heterocycles. The molecule has 3 aromatic carbocycles. The van der Waals surface area contributed by atoms with Crippen LogP contribution in [-0.2, 0) is 18.9 Å². The van der Waals surface area contributed by atoms with E-state index >= 15 is 0 Å². The molecule has 15 heteroatoms. The number of benzene rings is 3. The van der Waals surface area contributed by atoms with Crippen LogP contribution in [0.15, 0.2) is 66.7 Å². The van der Waals surface area contributed by atoms with Crippen molar-refractivity contribution in [2.45, 2.75) is 44.4 Å². The third-order valence-electron chi connectivity index (χ3n) is 7.09. The van der Waals surface area contributed by atoms with E-state index in [1.807, 2.05) is 0 Å². The SMILES string of the molecule is COc1cc(CN2C(=O)N(c3cccc(C(F)(F)F)c3)C(N(O)C(=O)Nc3cccc(C(F)(F)F)c3)C2(C)C)cc(OC)c1. The Morgan fingerprint density at radius 1 is 0.909 bits per heavy atom. The highest BCUT2D eigenvalue weighted by Gasteiger charge is 2.56. The first-order valence-electron chi connectivity index (χ1n) is 12.9. The lowest BCUT2D eigenvalue weighted by molar-refractivity contribution is -0.138. The van der Waals surface area contributed by atoms with E-state index in [0.29, 0.717) is 29.2 Å². The number of urea groups is 2. The van der Waals surface area contributed by atoms with Gasteiger partial charge in [0.2, 0.25) is 0 Å². The summed E-state index contributed by atoms with van der Waals surface area (Å²) < 4.78 is 91.0. The fraction of sp³-hybridized carbons (Fsp3) is 0.310. The monoisotopic (exact) mass is 626 g/mol. The van der Waals surface area contributed by atoms with Crippen molar-refractivity contribution in [3.63, 3.8) is 0 Å². The number of hydrogen-bond donors (Lipinski definition) is 2. The number of alkyl halides is 6. The van der Waals surface area contributed by atoms with E-state index in [1.165, 1.54) is 39.0 Å². The average Bonchev–Trinajstić information content (AvgIpc) is 3.16. The van der Waals surface area contributed by atoms with Gasteiger partial charge in [-0.2, -0.15) is 31.4 Å². The number of amides is 4. The van der Waals surface area contributed by atoms with E-state index in [1.54, 1.807) is 18.2 Å². The lowest BCUT2D eigenvalue weighted by atomic mass is 9.98. The molecule has 0 bridgehead atoms. The number of carbonyl (C=O) groups is 2. The number of nitrogens with one attached hydrogen (secondary N) is 1. The van der Waals surface area contributed by atoms with E-state index in [2.05, 4.69) is 5.32 Å². The highest BCUT2D eigenvalue weighted by Crippen LogP contribution is 2.41. The molecule has 9 nitrogen and oxygen atoms in total. The van der Waals surface area contributed by atoms with Crippen LogP contribution in [-0.4, -0.2) is 53.2 Å². The number of nitrogens with zero attached hydrogens (tertiary/aromatic N) is 3. The van der Waals surface area contributed by atoms with Crippen molar-refractivity contribution in [1.29, 1.82) is 0 Å². The topological polar surface area (TPSA) is 94.6 Å². The lowest BCUT2D eigenvalue weighted by Gasteiger charge is -2.38. The van der Waals surface area contributed by atoms with Gasteiger partial charge in [-0.25, -0.2) is 9.59 Å². The predicted molar refractivity (Wildman–Crippen MR) is 146 cm³/mol. The normalized spacial score (nSPS) is 16.6. The number of carbonyl (C=O) groups excluding carboxylic acids is 2. The smallest absolute Gasteiger partial charge is 0.416 e. The van der Waals surface area contributed by atoms with E-state index < -0.39 is 47.2 Å². The zero-order valence-electron chi connectivity index (χ0n) is 23.8. The summed E-state index contributed by atoms with van der Waals surface area (Å²) in [5, 5.41) is 13.4. The maximum atomic E-state index is 14.0. The van der Waals surface area contributed by atoms with Crippen LogP contribution in [0.5, 0.6) is 11.5 Å². The number of rotatable bonds is 7. The van der Waals surface area contributed by atoms with Gasteiger partial charge in [-0.15, -0.1) is 0 Å². The van der Waals surface area contributed by atoms with Crippen molar-refractivity contribution < 1.29 is 50.6 Å². The van der Waals surface area contributed by atoms with Crippen LogP contribution in [0.4, 0.5) is 47.3 Å². The van der Waals surface area contributed by atoms with Gasteiger partial charge >= 0.3 is 24.4 Å². The zero-order chi connectivity index (χ0) is 32.6. The molecule has 1 heterocycles. The Hall–Kier alpha value is -4.66. The summed E-state index contributed by atoms with van der Waals surface area (Å²) in [5.41, 5.74) is -3.78. The third-order valence-corrected chi connectivity index (χ3v) is 7.09. The largest absolute Gasteiger partial charge is 0.497 e. The Labute approximate surface area is 248 Å². The summed E-state index contributed by atoms with van der Waals surface area (Å²) in [4.78, 5) is 29.2. The van der Waals surface area contributed by atoms with Gasteiger partial charge < -0.3 is 19.7 Å². The Balaban J connectivity index is 1.76. The molecular formula is C29H28F6N4O5. The molecule has 236 valence electrons. The van der Waals surface area contributed by atoms with Crippen molar-refractivity contribution in [2.24, 2.45) is 0 Å². The van der Waals surface area contributed by atoms with Crippen molar-refractivity contribution in [3.8, 4) is 11.5 Å². The standard InChI is InChI=1S/C29H28F6N4O5/c1-27(2)24(39(42)25(40)36-20-9-5-7-18(13-20)28(30,31)32)38(21-10-6-8-19(14-21)29(33,34)35)26(41)37(27)16-17-11-22(43-3)15-23(12-17)44-4/h5-15,24,42H,16H2,1-4H3,(H,36,40). The molecule has 0 saturated carbocycles. The summed E-state index contributed by atoms with van der Waals surface area (Å²) in [6.45, 7) is 2.79. The molecule has 1 saturated heterocycles. The minimum Gasteiger partial charge on any atom is -0.497 e. The summed E-state index contributed by atoms with van der Waals surface area (Å²) in [5.74, 6) is 0.777. The van der Waals surface area contributed by atoms with Gasteiger partial charge in [0.1, 0.15) is 11.5 Å². The highest BCUT2D eigenvalue weighted by atomic mass is 19.4. The first kappa shape index (κ1) is 32.3. The van der Waals surface area contributed by atoms with Crippen LogP contribution >= 0.6 is 0 Å². The number of hydrogen-bond acceptors (Lipinski definition) is 5. The fourth-order valence-electron chi connectivity index (χ4n) is 4.91. The number of halogens is 6. The molecular weight excluding hydrogens is 598 g/mol. The zero-order valence-corrected chi connectivity index (χ0v) is 23.8. The summed E-state index contributed by atoms with van der Waals surface area (Å²) in [6.07, 6.45) is -11.2. The molecule has 1 unspecified atom stereocenters. The van der Waals surface area contributed by atoms with Gasteiger partial charge in [-0.3, -0.25) is 10.1 Å². The van der Waals surface area contributed by atoms with Crippen LogP contribution < -0.4 is 19.7 Å². The molecule has 1 aliphatic rings. The van der Waals surface area contributed by atoms with Gasteiger partial charge in [0, 0.05) is 24.0 Å². The predicted octanol–water partition coefficient (Wildman–Crippen LogP) is 7.21. The number of methoxy groups -OCH3 is 2. The van der Waals surface area contributed by atoms with E-state index in [-0.39, 0.29) is 23.0 Å². The van der Waals surface area contributed by atoms with Crippen molar-refractivity contribution >= 4 is 23.4 Å². The van der Waals surface area contributed by atoms with Crippen LogP contribution in [0, 0.1) is 0 Å². The molecule has 0 radical (unpaired) electrons. The summed E-state index contributed by atoms with van der Waals surface area (Å²) in [7, 11) is 2.84. The quantitative estimate of drug-likeness (QED) is 0.164. The second kappa shape index (κ2) is 11.8. The molecule has 3 aromatic rings. The van der Waals surface area contributed by atoms with E-state index in [0.717, 1.165) is 35.2 Å². The second-order valence-electron chi connectivity index (χ2n) is 10.4. The van der Waals surface area contributed by atoms with E-state index in [9.17, 15) is 41.1 Å². The van der Waals surface area contributed by atoms with Crippen molar-refractivity contribution in [3.05, 3.63) is 83.4 Å². The summed E-state index contributed by atoms with van der Waals surface area (Å²) >= 11 is 0. The van der Waals surface area contributed by atoms with E-state index in [4.69, 9.17) is 9.47 Å². The maximum Gasteiger partial charge on any atom is 0.416 e. The van der Waals surface area contributed by atoms with Crippen molar-refractivity contribution in [1.82, 2.24) is 9.96 Å². The molecule has 4 rings (SSSR count). The Kier molecular flexibility index (Phi) is 8.64. The third kappa shape index (κ3) is 6.46. The average molecular weight is 627 g/mol. The molecule has 4 amide bonds. The Morgan fingerprint density at radius 2 is 1.45 bits per heavy atom. The van der Waals surface area contributed by atoms with Gasteiger partial charge in [-0.05, 0) is 67.9 Å². The fourth-order valence-corrected chi connectivity index (χ4v) is 4.91. The molecule has 1 fully saturated rings. The molecule has 44 heavy (non-hydrogen) atoms. The van der Waals surface area contributed by atoms with Crippen LogP contribution in [0.3, 0.4) is 0 Å². The molecule has 1 aliphatic heterocycles. The van der Waals surface area contributed by atoms with Crippen LogP contribution in [0.25, 0.3) is 0 Å². The first-order chi connectivity index (χ1) is 20.5. The molecule has 0 spiro atoms. The Morgan fingerprint density at radius 3 is 2.00 bits per heavy atom. The van der Waals surface area contributed by atoms with Gasteiger partial charge in [-0.1, -0.05) is 12.1 Å². The maximum absolute atomic E-state index is 14.0. The molecule has 1 atom stereocenters. The summed E-state index contributed by atoms with van der Waals surface area (Å²) in [6, 6.07) is 9.96. The number of anilines is 2. The van der Waals surface area contributed by atoms with Gasteiger partial charge in [0.25, 0.3) is 0 Å². The van der Waals surface area contributed by atoms with Gasteiger partial charge in [0.05, 0.1) is 30.9 Å². The number of hydroxylamine groups is 2. The number of ether oxygens (including phenoxy) is 2. The first-order valence-corrected chi connectivity index (χ1v) is 12.9. The van der Waals surface area contributed by atoms with Crippen LogP contribution in [0.1, 0.15) is 30.5 Å². The Bertz CT molecular complexity index is 1520. The second-order valence-corrected chi connectivity index (χ2v) is 10.4. The molecule has 2 N–H and O–H groups in total. The highest BCUT2D eigenvalue weighted by molar-refractivity contribution is 5.98. The minimum atomic E-state index is -4.78.